The van der Waals surface area contributed by atoms with Crippen molar-refractivity contribution in [1.29, 1.82) is 0 Å². The smallest absolute Gasteiger partial charge is 0.386 e. The van der Waals surface area contributed by atoms with Gasteiger partial charge in [0.15, 0.2) is 0 Å². The van der Waals surface area contributed by atoms with Crippen molar-refractivity contribution >= 4 is 7.32 Å². The second-order valence-corrected chi connectivity index (χ2v) is 3.10. The topological polar surface area (TPSA) is 30.9 Å². The molecule has 0 aromatic heterocycles. The predicted octanol–water partition coefficient (Wildman–Crippen LogP) is -0.260. The van der Waals surface area contributed by atoms with E-state index in [4.69, 9.17) is 14.0 Å². The number of nitrogens with zero attached hydrogens (tertiary/aromatic N) is 1. The molecule has 0 aliphatic carbocycles. The van der Waals surface area contributed by atoms with E-state index in [9.17, 15) is 0 Å². The molecule has 0 saturated carbocycles. The Morgan fingerprint density at radius 3 is 2.25 bits per heavy atom. The van der Waals surface area contributed by atoms with Crippen molar-refractivity contribution in [2.75, 3.05) is 39.5 Å². The summed E-state index contributed by atoms with van der Waals surface area (Å²) < 4.78 is 16.1. The van der Waals surface area contributed by atoms with Crippen molar-refractivity contribution in [2.45, 2.75) is 6.42 Å². The van der Waals surface area contributed by atoms with Gasteiger partial charge >= 0.3 is 7.32 Å². The minimum Gasteiger partial charge on any atom is -0.386 e. The molecule has 0 spiro atoms. The van der Waals surface area contributed by atoms with E-state index < -0.39 is 7.32 Å². The first-order valence-electron chi connectivity index (χ1n) is 4.52. The molecule has 0 aromatic rings. The fourth-order valence-corrected chi connectivity index (χ4v) is 1.50. The zero-order valence-corrected chi connectivity index (χ0v) is 7.20. The predicted molar refractivity (Wildman–Crippen MR) is 44.7 cm³/mol. The molecule has 0 radical (unpaired) electrons. The van der Waals surface area contributed by atoms with Crippen LogP contribution in [0.5, 0.6) is 0 Å². The van der Waals surface area contributed by atoms with Crippen LogP contribution >= 0.6 is 0 Å². The van der Waals surface area contributed by atoms with E-state index in [-0.39, 0.29) is 0 Å². The average Bonchev–Trinajstić information content (AvgIpc) is 2.18. The van der Waals surface area contributed by atoms with Crippen molar-refractivity contribution in [3.63, 3.8) is 0 Å². The van der Waals surface area contributed by atoms with Gasteiger partial charge in [-0.25, -0.2) is 0 Å². The van der Waals surface area contributed by atoms with Crippen LogP contribution < -0.4 is 0 Å². The molecule has 0 unspecified atom stereocenters. The molecule has 3 heterocycles. The monoisotopic (exact) mass is 171 g/mol. The summed E-state index contributed by atoms with van der Waals surface area (Å²) in [6.45, 7) is 5.27. The van der Waals surface area contributed by atoms with Crippen molar-refractivity contribution in [3.05, 3.63) is 0 Å². The highest BCUT2D eigenvalue weighted by atomic mass is 16.7. The molecule has 3 fully saturated rings. The Balaban J connectivity index is 1.96. The van der Waals surface area contributed by atoms with Crippen molar-refractivity contribution in [3.8, 4) is 0 Å². The summed E-state index contributed by atoms with van der Waals surface area (Å²) >= 11 is 0. The van der Waals surface area contributed by atoms with E-state index in [0.29, 0.717) is 13.2 Å². The van der Waals surface area contributed by atoms with E-state index in [1.54, 1.807) is 0 Å². The lowest BCUT2D eigenvalue weighted by molar-refractivity contribution is 0.0703. The van der Waals surface area contributed by atoms with Crippen molar-refractivity contribution < 1.29 is 14.0 Å². The molecule has 12 heavy (non-hydrogen) atoms. The molecule has 4 nitrogen and oxygen atoms in total. The number of fused-ring (bicyclic) bond motifs is 7. The molecular weight excluding hydrogens is 157 g/mol. The molecule has 3 saturated heterocycles. The second-order valence-electron chi connectivity index (χ2n) is 3.10. The van der Waals surface area contributed by atoms with Crippen LogP contribution in [-0.4, -0.2) is 51.7 Å². The molecule has 68 valence electrons. The largest absolute Gasteiger partial charge is 0.639 e. The Labute approximate surface area is 72.9 Å². The Kier molecular flexibility index (Phi) is 3.00. The highest BCUT2D eigenvalue weighted by molar-refractivity contribution is 6.36. The molecule has 2 bridgehead atoms. The van der Waals surface area contributed by atoms with Gasteiger partial charge in [-0.1, -0.05) is 0 Å². The van der Waals surface area contributed by atoms with E-state index >= 15 is 0 Å². The standard InChI is InChI=1S/C7H14BNO3/c1-2-9-3-6-11-8(10-5-1)12-7-4-9/h1-7H2. The van der Waals surface area contributed by atoms with Crippen molar-refractivity contribution in [2.24, 2.45) is 0 Å². The lowest BCUT2D eigenvalue weighted by atomic mass is 10.2. The first-order valence-corrected chi connectivity index (χ1v) is 4.52. The van der Waals surface area contributed by atoms with Crippen LogP contribution in [0.4, 0.5) is 0 Å². The second kappa shape index (κ2) is 4.23. The molecule has 0 aromatic carbocycles. The lowest BCUT2D eigenvalue weighted by Crippen LogP contribution is -2.38. The molecule has 3 aliphatic heterocycles. The van der Waals surface area contributed by atoms with Gasteiger partial charge in [0.05, 0.1) is 0 Å². The maximum absolute atomic E-state index is 5.36. The van der Waals surface area contributed by atoms with Crippen LogP contribution in [0.3, 0.4) is 0 Å². The Bertz CT molecular complexity index is 117. The molecule has 0 amide bonds. The van der Waals surface area contributed by atoms with Gasteiger partial charge in [-0.05, 0) is 6.42 Å². The first-order chi connectivity index (χ1) is 5.95. The third-order valence-corrected chi connectivity index (χ3v) is 2.20. The molecule has 3 aliphatic rings. The van der Waals surface area contributed by atoms with E-state index in [2.05, 4.69) is 4.90 Å². The highest BCUT2D eigenvalue weighted by Crippen LogP contribution is 2.04. The quantitative estimate of drug-likeness (QED) is 0.470. The zero-order chi connectivity index (χ0) is 8.23. The summed E-state index contributed by atoms with van der Waals surface area (Å²) in [5, 5.41) is 0. The SMILES string of the molecule is C1COB2OCCN(C1)CCO2. The van der Waals surface area contributed by atoms with Gasteiger partial charge in [0.25, 0.3) is 0 Å². The summed E-state index contributed by atoms with van der Waals surface area (Å²) in [4.78, 5) is 2.35. The molecule has 0 atom stereocenters. The number of hydrogen-bond acceptors (Lipinski definition) is 4. The summed E-state index contributed by atoms with van der Waals surface area (Å²) in [6.07, 6.45) is 1.07. The summed E-state index contributed by atoms with van der Waals surface area (Å²) in [5.41, 5.74) is 0. The molecule has 3 rings (SSSR count). The fraction of sp³-hybridized carbons (Fsp3) is 1.00. The van der Waals surface area contributed by atoms with Crippen molar-refractivity contribution in [1.82, 2.24) is 4.90 Å². The van der Waals surface area contributed by atoms with Gasteiger partial charge in [-0.3, -0.25) is 4.90 Å². The Hall–Kier alpha value is -0.0951. The van der Waals surface area contributed by atoms with Gasteiger partial charge in [-0.15, -0.1) is 0 Å². The molecule has 5 heteroatoms. The van der Waals surface area contributed by atoms with Crippen LogP contribution in [-0.2, 0) is 14.0 Å². The van der Waals surface area contributed by atoms with Crippen LogP contribution in [0.2, 0.25) is 0 Å². The maximum Gasteiger partial charge on any atom is 0.639 e. The first kappa shape index (κ1) is 8.50. The lowest BCUT2D eigenvalue weighted by Gasteiger charge is -2.23. The van der Waals surface area contributed by atoms with E-state index in [1.807, 2.05) is 0 Å². The summed E-state index contributed by atoms with van der Waals surface area (Å²) in [5.74, 6) is 0. The summed E-state index contributed by atoms with van der Waals surface area (Å²) in [7, 11) is -0.412. The van der Waals surface area contributed by atoms with Gasteiger partial charge in [0, 0.05) is 39.5 Å². The van der Waals surface area contributed by atoms with Crippen LogP contribution in [0, 0.1) is 0 Å². The molecule has 0 N–H and O–H groups in total. The summed E-state index contributed by atoms with van der Waals surface area (Å²) in [6, 6.07) is 0. The van der Waals surface area contributed by atoms with E-state index in [0.717, 1.165) is 32.7 Å². The van der Waals surface area contributed by atoms with Crippen LogP contribution in [0.25, 0.3) is 0 Å². The van der Waals surface area contributed by atoms with Gasteiger partial charge in [0.2, 0.25) is 0 Å². The Morgan fingerprint density at radius 1 is 0.833 bits per heavy atom. The normalized spacial score (nSPS) is 27.5. The van der Waals surface area contributed by atoms with Gasteiger partial charge in [0.1, 0.15) is 0 Å². The van der Waals surface area contributed by atoms with E-state index in [1.165, 1.54) is 0 Å². The van der Waals surface area contributed by atoms with Crippen LogP contribution in [0.1, 0.15) is 6.42 Å². The third-order valence-electron chi connectivity index (χ3n) is 2.20. The minimum absolute atomic E-state index is 0.412. The third kappa shape index (κ3) is 2.20. The number of hydrogen-bond donors (Lipinski definition) is 0. The maximum atomic E-state index is 5.36. The Morgan fingerprint density at radius 2 is 1.50 bits per heavy atom. The van der Waals surface area contributed by atoms with Gasteiger partial charge < -0.3 is 14.0 Å². The number of rotatable bonds is 0. The van der Waals surface area contributed by atoms with Crippen LogP contribution in [0.15, 0.2) is 0 Å². The molecular formula is C7H14BNO3. The zero-order valence-electron chi connectivity index (χ0n) is 7.20. The minimum atomic E-state index is -0.412. The fourth-order valence-electron chi connectivity index (χ4n) is 1.50. The average molecular weight is 171 g/mol. The highest BCUT2D eigenvalue weighted by Gasteiger charge is 2.25. The van der Waals surface area contributed by atoms with Gasteiger partial charge in [-0.2, -0.15) is 0 Å².